The van der Waals surface area contributed by atoms with Gasteiger partial charge in [0, 0.05) is 32.1 Å². The molecule has 6 heteroatoms. The van der Waals surface area contributed by atoms with Gasteiger partial charge in [-0.25, -0.2) is 0 Å². The van der Waals surface area contributed by atoms with E-state index in [4.69, 9.17) is 10.5 Å². The number of hydrogen-bond donors (Lipinski definition) is 1. The molecule has 2 atom stereocenters. The van der Waals surface area contributed by atoms with Gasteiger partial charge in [-0.3, -0.25) is 9.48 Å². The summed E-state index contributed by atoms with van der Waals surface area (Å²) in [7, 11) is 1.85. The summed E-state index contributed by atoms with van der Waals surface area (Å²) in [6.07, 6.45) is -0.112. The van der Waals surface area contributed by atoms with Crippen molar-refractivity contribution < 1.29 is 9.53 Å². The second-order valence-electron chi connectivity index (χ2n) is 5.50. The Bertz CT molecular complexity index is 667. The number of rotatable bonds is 2. The fourth-order valence-corrected chi connectivity index (χ4v) is 2.86. The lowest BCUT2D eigenvalue weighted by molar-refractivity contribution is -0.0626. The van der Waals surface area contributed by atoms with Crippen LogP contribution in [-0.4, -0.2) is 52.4 Å². The van der Waals surface area contributed by atoms with Crippen LogP contribution in [0, 0.1) is 0 Å². The SMILES string of the molecule is CC1CN(C(=O)c2nn(C)c3ccccc23)CC(CN)O1. The summed E-state index contributed by atoms with van der Waals surface area (Å²) in [5.41, 5.74) is 7.13. The van der Waals surface area contributed by atoms with Crippen LogP contribution >= 0.6 is 0 Å². The van der Waals surface area contributed by atoms with Crippen LogP contribution in [0.15, 0.2) is 24.3 Å². The molecule has 1 aromatic carbocycles. The number of carbonyl (C=O) groups is 1. The highest BCUT2D eigenvalue weighted by atomic mass is 16.5. The Balaban J connectivity index is 1.93. The zero-order valence-electron chi connectivity index (χ0n) is 12.3. The van der Waals surface area contributed by atoms with Crippen molar-refractivity contribution in [2.45, 2.75) is 19.1 Å². The minimum atomic E-state index is -0.104. The van der Waals surface area contributed by atoms with Crippen molar-refractivity contribution in [2.24, 2.45) is 12.8 Å². The van der Waals surface area contributed by atoms with Gasteiger partial charge in [0.05, 0.1) is 17.7 Å². The van der Waals surface area contributed by atoms with Crippen molar-refractivity contribution >= 4 is 16.8 Å². The number of nitrogens with two attached hydrogens (primary N) is 1. The van der Waals surface area contributed by atoms with Crippen LogP contribution in [0.4, 0.5) is 0 Å². The van der Waals surface area contributed by atoms with Crippen LogP contribution in [0.25, 0.3) is 10.9 Å². The van der Waals surface area contributed by atoms with Crippen LogP contribution in [0.2, 0.25) is 0 Å². The second kappa shape index (κ2) is 5.46. The number of fused-ring (bicyclic) bond motifs is 1. The van der Waals surface area contributed by atoms with E-state index in [2.05, 4.69) is 5.10 Å². The lowest BCUT2D eigenvalue weighted by Crippen LogP contribution is -2.51. The van der Waals surface area contributed by atoms with Crippen LogP contribution in [-0.2, 0) is 11.8 Å². The molecule has 1 aliphatic heterocycles. The standard InChI is InChI=1S/C15H20N4O2/c1-10-8-19(9-11(7-16)21-10)15(20)14-12-5-3-4-6-13(12)18(2)17-14/h3-6,10-11H,7-9,16H2,1-2H3. The van der Waals surface area contributed by atoms with E-state index in [0.29, 0.717) is 25.3 Å². The summed E-state index contributed by atoms with van der Waals surface area (Å²) in [5.74, 6) is -0.0552. The molecule has 21 heavy (non-hydrogen) atoms. The highest BCUT2D eigenvalue weighted by Gasteiger charge is 2.30. The molecule has 0 saturated carbocycles. The third-order valence-corrected chi connectivity index (χ3v) is 3.84. The van der Waals surface area contributed by atoms with Gasteiger partial charge in [-0.15, -0.1) is 0 Å². The maximum atomic E-state index is 12.8. The topological polar surface area (TPSA) is 73.4 Å². The second-order valence-corrected chi connectivity index (χ2v) is 5.50. The van der Waals surface area contributed by atoms with Gasteiger partial charge < -0.3 is 15.4 Å². The van der Waals surface area contributed by atoms with Crippen LogP contribution in [0.5, 0.6) is 0 Å². The van der Waals surface area contributed by atoms with Crippen molar-refractivity contribution in [2.75, 3.05) is 19.6 Å². The van der Waals surface area contributed by atoms with Crippen molar-refractivity contribution in [3.8, 4) is 0 Å². The third-order valence-electron chi connectivity index (χ3n) is 3.84. The molecular weight excluding hydrogens is 268 g/mol. The highest BCUT2D eigenvalue weighted by molar-refractivity contribution is 6.04. The first-order valence-corrected chi connectivity index (χ1v) is 7.16. The van der Waals surface area contributed by atoms with E-state index in [1.807, 2.05) is 38.2 Å². The minimum absolute atomic E-state index is 0.00812. The molecule has 2 unspecified atom stereocenters. The first-order valence-electron chi connectivity index (χ1n) is 7.16. The predicted molar refractivity (Wildman–Crippen MR) is 80.0 cm³/mol. The van der Waals surface area contributed by atoms with E-state index >= 15 is 0 Å². The molecule has 2 N–H and O–H groups in total. The van der Waals surface area contributed by atoms with E-state index in [9.17, 15) is 4.79 Å². The predicted octanol–water partition coefficient (Wildman–Crippen LogP) is 0.761. The lowest BCUT2D eigenvalue weighted by atomic mass is 10.1. The van der Waals surface area contributed by atoms with E-state index < -0.39 is 0 Å². The normalized spacial score (nSPS) is 22.7. The quantitative estimate of drug-likeness (QED) is 0.885. The maximum absolute atomic E-state index is 12.8. The molecular formula is C15H20N4O2. The largest absolute Gasteiger partial charge is 0.370 e. The molecule has 1 fully saturated rings. The van der Waals surface area contributed by atoms with Crippen molar-refractivity contribution in [3.05, 3.63) is 30.0 Å². The van der Waals surface area contributed by atoms with Crippen LogP contribution < -0.4 is 5.73 Å². The summed E-state index contributed by atoms with van der Waals surface area (Å²) in [6.45, 7) is 3.46. The summed E-state index contributed by atoms with van der Waals surface area (Å²) >= 11 is 0. The highest BCUT2D eigenvalue weighted by Crippen LogP contribution is 2.21. The number of amides is 1. The molecule has 3 rings (SSSR count). The average molecular weight is 288 g/mol. The summed E-state index contributed by atoms with van der Waals surface area (Å²) in [5, 5.41) is 5.28. The van der Waals surface area contributed by atoms with Crippen molar-refractivity contribution in [1.82, 2.24) is 14.7 Å². The molecule has 0 radical (unpaired) electrons. The van der Waals surface area contributed by atoms with Gasteiger partial charge in [0.2, 0.25) is 0 Å². The molecule has 1 aliphatic rings. The summed E-state index contributed by atoms with van der Waals surface area (Å²) in [4.78, 5) is 14.6. The molecule has 112 valence electrons. The van der Waals surface area contributed by atoms with Crippen molar-refractivity contribution in [1.29, 1.82) is 0 Å². The molecule has 6 nitrogen and oxygen atoms in total. The molecule has 1 saturated heterocycles. The van der Waals surface area contributed by atoms with E-state index in [-0.39, 0.29) is 18.1 Å². The zero-order chi connectivity index (χ0) is 15.0. The average Bonchev–Trinajstić information content (AvgIpc) is 2.83. The Morgan fingerprint density at radius 3 is 2.95 bits per heavy atom. The fraction of sp³-hybridized carbons (Fsp3) is 0.467. The first-order chi connectivity index (χ1) is 10.1. The van der Waals surface area contributed by atoms with E-state index in [0.717, 1.165) is 10.9 Å². The van der Waals surface area contributed by atoms with Gasteiger partial charge in [0.1, 0.15) is 0 Å². The molecule has 0 bridgehead atoms. The zero-order valence-corrected chi connectivity index (χ0v) is 12.3. The Morgan fingerprint density at radius 1 is 1.43 bits per heavy atom. The number of hydrogen-bond acceptors (Lipinski definition) is 4. The Hall–Kier alpha value is -1.92. The minimum Gasteiger partial charge on any atom is -0.370 e. The van der Waals surface area contributed by atoms with Gasteiger partial charge >= 0.3 is 0 Å². The lowest BCUT2D eigenvalue weighted by Gasteiger charge is -2.36. The smallest absolute Gasteiger partial charge is 0.275 e. The number of nitrogens with zero attached hydrogens (tertiary/aromatic N) is 3. The Labute approximate surface area is 123 Å². The molecule has 2 heterocycles. The Morgan fingerprint density at radius 2 is 2.19 bits per heavy atom. The number of benzene rings is 1. The Kier molecular flexibility index (Phi) is 3.65. The maximum Gasteiger partial charge on any atom is 0.275 e. The summed E-state index contributed by atoms with van der Waals surface area (Å²) < 4.78 is 7.44. The monoisotopic (exact) mass is 288 g/mol. The molecule has 2 aromatic rings. The van der Waals surface area contributed by atoms with Gasteiger partial charge in [-0.2, -0.15) is 5.10 Å². The summed E-state index contributed by atoms with van der Waals surface area (Å²) in [6, 6.07) is 7.76. The van der Waals surface area contributed by atoms with E-state index in [1.165, 1.54) is 0 Å². The number of aryl methyl sites for hydroxylation is 1. The van der Waals surface area contributed by atoms with Crippen LogP contribution in [0.3, 0.4) is 0 Å². The van der Waals surface area contributed by atoms with Gasteiger partial charge in [0.15, 0.2) is 5.69 Å². The molecule has 0 spiro atoms. The number of morpholine rings is 1. The fourth-order valence-electron chi connectivity index (χ4n) is 2.86. The number of aromatic nitrogens is 2. The number of ether oxygens (including phenoxy) is 1. The van der Waals surface area contributed by atoms with Crippen LogP contribution in [0.1, 0.15) is 17.4 Å². The van der Waals surface area contributed by atoms with E-state index in [1.54, 1.807) is 9.58 Å². The van der Waals surface area contributed by atoms with Crippen molar-refractivity contribution in [3.63, 3.8) is 0 Å². The number of carbonyl (C=O) groups excluding carboxylic acids is 1. The van der Waals surface area contributed by atoms with Gasteiger partial charge in [0.25, 0.3) is 5.91 Å². The number of para-hydroxylation sites is 1. The molecule has 1 aromatic heterocycles. The van der Waals surface area contributed by atoms with Gasteiger partial charge in [-0.05, 0) is 13.0 Å². The molecule has 0 aliphatic carbocycles. The molecule has 1 amide bonds. The third kappa shape index (κ3) is 2.52. The van der Waals surface area contributed by atoms with Gasteiger partial charge in [-0.1, -0.05) is 18.2 Å². The first kappa shape index (κ1) is 14.0.